The van der Waals surface area contributed by atoms with Crippen LogP contribution in [-0.4, -0.2) is 33.9 Å². The van der Waals surface area contributed by atoms with Gasteiger partial charge >= 0.3 is 0 Å². The van der Waals surface area contributed by atoms with Crippen LogP contribution in [0.5, 0.6) is 0 Å². The number of aliphatic hydroxyl groups is 1. The van der Waals surface area contributed by atoms with E-state index in [4.69, 9.17) is 11.6 Å². The minimum Gasteiger partial charge on any atom is -0.387 e. The normalized spacial score (nSPS) is 16.2. The monoisotopic (exact) mass is 289 g/mol. The van der Waals surface area contributed by atoms with Gasteiger partial charge in [0.15, 0.2) is 0 Å². The molecule has 1 aromatic rings. The van der Waals surface area contributed by atoms with Crippen molar-refractivity contribution in [1.82, 2.24) is 5.32 Å². The molecule has 102 valence electrons. The van der Waals surface area contributed by atoms with Gasteiger partial charge in [-0.25, -0.2) is 0 Å². The minimum absolute atomic E-state index is 0.176. The van der Waals surface area contributed by atoms with Crippen LogP contribution in [0.1, 0.15) is 25.0 Å². The maximum Gasteiger partial charge on any atom is 0.0928 e. The molecule has 1 aromatic carbocycles. The van der Waals surface area contributed by atoms with Crippen LogP contribution in [0.25, 0.3) is 0 Å². The average molecular weight is 290 g/mol. The van der Waals surface area contributed by atoms with Gasteiger partial charge in [0, 0.05) is 39.4 Å². The highest BCUT2D eigenvalue weighted by atomic mass is 35.5. The van der Waals surface area contributed by atoms with Crippen LogP contribution >= 0.6 is 11.6 Å². The second-order valence-corrected chi connectivity index (χ2v) is 6.55. The summed E-state index contributed by atoms with van der Waals surface area (Å²) < 4.78 is 11.2. The van der Waals surface area contributed by atoms with Gasteiger partial charge < -0.3 is 10.4 Å². The van der Waals surface area contributed by atoms with Crippen LogP contribution in [0.4, 0.5) is 0 Å². The zero-order valence-electron chi connectivity index (χ0n) is 10.7. The topological polar surface area (TPSA) is 49.3 Å². The molecule has 0 spiro atoms. The zero-order valence-corrected chi connectivity index (χ0v) is 12.3. The maximum atomic E-state index is 11.2. The molecule has 3 atom stereocenters. The molecule has 0 amide bonds. The third-order valence-corrected chi connectivity index (χ3v) is 4.61. The maximum absolute atomic E-state index is 11.2. The molecule has 0 radical (unpaired) electrons. The summed E-state index contributed by atoms with van der Waals surface area (Å²) >= 11 is 6.00. The minimum atomic E-state index is -0.788. The fraction of sp³-hybridized carbons (Fsp3) is 0.538. The van der Waals surface area contributed by atoms with Crippen molar-refractivity contribution in [3.8, 4) is 0 Å². The third-order valence-electron chi connectivity index (χ3n) is 2.90. The van der Waals surface area contributed by atoms with Gasteiger partial charge in [-0.05, 0) is 19.0 Å². The van der Waals surface area contributed by atoms with Gasteiger partial charge in [0.2, 0.25) is 0 Å². The standard InChI is InChI=1S/C13H20ClNO2S/c1-10(18(2)17)7-8-15-9-13(16)11-5-3-4-6-12(11)14/h3-6,10,13,15-16H,7-9H2,1-2H3. The molecule has 0 fully saturated rings. The summed E-state index contributed by atoms with van der Waals surface area (Å²) in [4.78, 5) is 0. The lowest BCUT2D eigenvalue weighted by molar-refractivity contribution is 0.175. The number of nitrogens with one attached hydrogen (secondary N) is 1. The molecule has 0 aromatic heterocycles. The first-order chi connectivity index (χ1) is 8.52. The van der Waals surface area contributed by atoms with E-state index >= 15 is 0 Å². The molecule has 0 aliphatic heterocycles. The van der Waals surface area contributed by atoms with E-state index in [0.717, 1.165) is 18.5 Å². The number of rotatable bonds is 7. The second-order valence-electron chi connectivity index (χ2n) is 4.34. The van der Waals surface area contributed by atoms with E-state index in [1.165, 1.54) is 0 Å². The van der Waals surface area contributed by atoms with Crippen molar-refractivity contribution in [2.24, 2.45) is 0 Å². The van der Waals surface area contributed by atoms with Crippen LogP contribution in [-0.2, 0) is 10.8 Å². The van der Waals surface area contributed by atoms with Crippen molar-refractivity contribution in [2.75, 3.05) is 19.3 Å². The molecule has 5 heteroatoms. The fourth-order valence-electron chi connectivity index (χ4n) is 1.57. The van der Waals surface area contributed by atoms with E-state index in [9.17, 15) is 9.32 Å². The quantitative estimate of drug-likeness (QED) is 0.756. The predicted octanol–water partition coefficient (Wildman–Crippen LogP) is 2.12. The third kappa shape index (κ3) is 5.06. The largest absolute Gasteiger partial charge is 0.387 e. The van der Waals surface area contributed by atoms with Gasteiger partial charge in [0.25, 0.3) is 0 Å². The summed E-state index contributed by atoms with van der Waals surface area (Å²) in [5.74, 6) is 0. The Bertz CT molecular complexity index is 400. The summed E-state index contributed by atoms with van der Waals surface area (Å²) in [6.07, 6.45) is 1.93. The highest BCUT2D eigenvalue weighted by Gasteiger charge is 2.11. The number of hydrogen-bond donors (Lipinski definition) is 2. The summed E-state index contributed by atoms with van der Waals surface area (Å²) in [6.45, 7) is 3.15. The Balaban J connectivity index is 2.32. The lowest BCUT2D eigenvalue weighted by atomic mass is 10.1. The number of hydrogen-bond acceptors (Lipinski definition) is 3. The number of aliphatic hydroxyl groups excluding tert-OH is 1. The number of halogens is 1. The summed E-state index contributed by atoms with van der Waals surface area (Å²) in [7, 11) is -0.788. The molecule has 0 saturated heterocycles. The summed E-state index contributed by atoms with van der Waals surface area (Å²) in [6, 6.07) is 7.28. The highest BCUT2D eigenvalue weighted by Crippen LogP contribution is 2.21. The van der Waals surface area contributed by atoms with Crippen LogP contribution in [0, 0.1) is 0 Å². The molecule has 3 unspecified atom stereocenters. The van der Waals surface area contributed by atoms with Crippen molar-refractivity contribution in [3.05, 3.63) is 34.9 Å². The Morgan fingerprint density at radius 3 is 2.72 bits per heavy atom. The molecule has 0 aliphatic rings. The van der Waals surface area contributed by atoms with E-state index in [1.807, 2.05) is 25.1 Å². The van der Waals surface area contributed by atoms with Gasteiger partial charge in [-0.2, -0.15) is 0 Å². The van der Waals surface area contributed by atoms with Crippen molar-refractivity contribution >= 4 is 22.4 Å². The molecule has 0 heterocycles. The van der Waals surface area contributed by atoms with E-state index in [2.05, 4.69) is 5.32 Å². The van der Waals surface area contributed by atoms with Gasteiger partial charge in [-0.3, -0.25) is 4.21 Å². The predicted molar refractivity (Wildman–Crippen MR) is 77.4 cm³/mol. The van der Waals surface area contributed by atoms with Gasteiger partial charge in [0.05, 0.1) is 6.10 Å². The molecule has 0 aliphatic carbocycles. The Labute approximate surface area is 116 Å². The molecule has 0 bridgehead atoms. The average Bonchev–Trinajstić information content (AvgIpc) is 2.34. The lowest BCUT2D eigenvalue weighted by Gasteiger charge is -2.14. The smallest absolute Gasteiger partial charge is 0.0928 e. The fourth-order valence-corrected chi connectivity index (χ4v) is 2.28. The molecule has 18 heavy (non-hydrogen) atoms. The van der Waals surface area contributed by atoms with Gasteiger partial charge in [-0.15, -0.1) is 0 Å². The van der Waals surface area contributed by atoms with Crippen LogP contribution in [0.3, 0.4) is 0 Å². The van der Waals surface area contributed by atoms with E-state index in [-0.39, 0.29) is 5.25 Å². The van der Waals surface area contributed by atoms with E-state index in [0.29, 0.717) is 11.6 Å². The van der Waals surface area contributed by atoms with Crippen LogP contribution in [0.2, 0.25) is 5.02 Å². The summed E-state index contributed by atoms with van der Waals surface area (Å²) in [5, 5.41) is 13.9. The second kappa shape index (κ2) is 7.89. The van der Waals surface area contributed by atoms with Crippen molar-refractivity contribution in [3.63, 3.8) is 0 Å². The molecule has 2 N–H and O–H groups in total. The van der Waals surface area contributed by atoms with Gasteiger partial charge in [0.1, 0.15) is 0 Å². The zero-order chi connectivity index (χ0) is 13.5. The molecule has 1 rings (SSSR count). The molecular weight excluding hydrogens is 270 g/mol. The van der Waals surface area contributed by atoms with Crippen LogP contribution in [0.15, 0.2) is 24.3 Å². The SMILES string of the molecule is CC(CCNCC(O)c1ccccc1Cl)S(C)=O. The number of benzene rings is 1. The van der Waals surface area contributed by atoms with Crippen molar-refractivity contribution in [2.45, 2.75) is 24.7 Å². The van der Waals surface area contributed by atoms with E-state index < -0.39 is 16.9 Å². The highest BCUT2D eigenvalue weighted by molar-refractivity contribution is 7.84. The summed E-state index contributed by atoms with van der Waals surface area (Å²) in [5.41, 5.74) is 0.735. The molecule has 0 saturated carbocycles. The van der Waals surface area contributed by atoms with Crippen molar-refractivity contribution < 1.29 is 9.32 Å². The lowest BCUT2D eigenvalue weighted by Crippen LogP contribution is -2.25. The van der Waals surface area contributed by atoms with E-state index in [1.54, 1.807) is 12.3 Å². The molecular formula is C13H20ClNO2S. The van der Waals surface area contributed by atoms with Crippen molar-refractivity contribution in [1.29, 1.82) is 0 Å². The van der Waals surface area contributed by atoms with Crippen LogP contribution < -0.4 is 5.32 Å². The Hall–Kier alpha value is -0.420. The first-order valence-corrected chi connectivity index (χ1v) is 7.97. The first-order valence-electron chi connectivity index (χ1n) is 5.97. The Morgan fingerprint density at radius 2 is 2.11 bits per heavy atom. The first kappa shape index (κ1) is 15.6. The Kier molecular flexibility index (Phi) is 6.86. The van der Waals surface area contributed by atoms with Gasteiger partial charge in [-0.1, -0.05) is 36.7 Å². The molecule has 3 nitrogen and oxygen atoms in total. The Morgan fingerprint density at radius 1 is 1.44 bits per heavy atom.